The molecule has 0 fully saturated rings. The van der Waals surface area contributed by atoms with Gasteiger partial charge in [0, 0.05) is 24.3 Å². The number of nitrogens with zero attached hydrogens (tertiary/aromatic N) is 3. The van der Waals surface area contributed by atoms with Gasteiger partial charge < -0.3 is 4.74 Å². The fourth-order valence-corrected chi connectivity index (χ4v) is 2.83. The lowest BCUT2D eigenvalue weighted by molar-refractivity contribution is 0.0976. The number of hydrogen-bond acceptors (Lipinski definition) is 4. The number of amidine groups is 1. The second kappa shape index (κ2) is 9.98. The third-order valence-electron chi connectivity index (χ3n) is 4.15. The number of hydrogen-bond donors (Lipinski definition) is 2. The van der Waals surface area contributed by atoms with Crippen molar-refractivity contribution < 1.29 is 22.7 Å². The van der Waals surface area contributed by atoms with E-state index in [1.165, 1.54) is 25.3 Å². The van der Waals surface area contributed by atoms with Crippen molar-refractivity contribution in [2.45, 2.75) is 19.4 Å². The van der Waals surface area contributed by atoms with Gasteiger partial charge >= 0.3 is 0 Å². The maximum atomic E-state index is 13.5. The maximum absolute atomic E-state index is 13.5. The highest BCUT2D eigenvalue weighted by molar-refractivity contribution is 6.18. The van der Waals surface area contributed by atoms with Crippen LogP contribution in [0.2, 0.25) is 0 Å². The summed E-state index contributed by atoms with van der Waals surface area (Å²) in [6, 6.07) is 7.94. The monoisotopic (exact) mass is 431 g/mol. The van der Waals surface area contributed by atoms with Crippen LogP contribution < -0.4 is 10.7 Å². The number of halogens is 3. The maximum Gasteiger partial charge on any atom is 0.258 e. The molecule has 7 nitrogen and oxygen atoms in total. The van der Waals surface area contributed by atoms with Gasteiger partial charge in [-0.2, -0.15) is 10.1 Å². The Morgan fingerprint density at radius 3 is 2.61 bits per heavy atom. The van der Waals surface area contributed by atoms with Gasteiger partial charge in [-0.25, -0.2) is 18.2 Å². The van der Waals surface area contributed by atoms with Crippen molar-refractivity contribution in [3.63, 3.8) is 0 Å². The number of methoxy groups -OCH3 is 1. The normalized spacial score (nSPS) is 16.1. The van der Waals surface area contributed by atoms with E-state index in [-0.39, 0.29) is 36.2 Å². The first-order valence-corrected chi connectivity index (χ1v) is 9.34. The van der Waals surface area contributed by atoms with Gasteiger partial charge in [-0.3, -0.25) is 15.5 Å². The van der Waals surface area contributed by atoms with Gasteiger partial charge in [0.1, 0.15) is 23.3 Å². The Kier molecular flexibility index (Phi) is 7.14. The summed E-state index contributed by atoms with van der Waals surface area (Å²) in [5.41, 5.74) is 3.41. The van der Waals surface area contributed by atoms with Gasteiger partial charge in [0.2, 0.25) is 5.96 Å². The summed E-state index contributed by atoms with van der Waals surface area (Å²) >= 11 is 0. The molecular weight excluding hydrogens is 411 g/mol. The number of aliphatic imine (C=N–C) groups is 2. The van der Waals surface area contributed by atoms with Gasteiger partial charge in [0.05, 0.1) is 24.8 Å². The average molecular weight is 431 g/mol. The van der Waals surface area contributed by atoms with Crippen LogP contribution in [0.3, 0.4) is 0 Å². The molecule has 1 aliphatic heterocycles. The molecule has 10 heteroatoms. The molecule has 1 heterocycles. The third kappa shape index (κ3) is 6.22. The highest BCUT2D eigenvalue weighted by Crippen LogP contribution is 2.14. The number of ether oxygens (including phenoxy) is 1. The Morgan fingerprint density at radius 2 is 1.94 bits per heavy atom. The van der Waals surface area contributed by atoms with Crippen molar-refractivity contribution in [2.24, 2.45) is 15.1 Å². The van der Waals surface area contributed by atoms with E-state index in [1.807, 2.05) is 0 Å². The summed E-state index contributed by atoms with van der Waals surface area (Å²) in [6.45, 7) is 2.04. The SMILES string of the molecule is COC[C@H](C)N=C(N=C1CC(c2cc(F)cc(F)c2)=NN1)NC(=O)c1cccc(F)c1. The molecule has 2 aromatic carbocycles. The summed E-state index contributed by atoms with van der Waals surface area (Å²) in [6.07, 6.45) is 0.135. The molecule has 162 valence electrons. The first kappa shape index (κ1) is 22.2. The topological polar surface area (TPSA) is 87.4 Å². The highest BCUT2D eigenvalue weighted by Gasteiger charge is 2.19. The van der Waals surface area contributed by atoms with Crippen LogP contribution in [0.15, 0.2) is 57.6 Å². The van der Waals surface area contributed by atoms with Gasteiger partial charge in [0.25, 0.3) is 5.91 Å². The molecule has 1 atom stereocenters. The van der Waals surface area contributed by atoms with Crippen LogP contribution in [0.1, 0.15) is 29.3 Å². The predicted molar refractivity (Wildman–Crippen MR) is 111 cm³/mol. The molecule has 3 rings (SSSR count). The van der Waals surface area contributed by atoms with E-state index in [0.717, 1.165) is 24.3 Å². The summed E-state index contributed by atoms with van der Waals surface area (Å²) in [5.74, 6) is -2.32. The molecule has 0 saturated carbocycles. The number of hydrazone groups is 1. The highest BCUT2D eigenvalue weighted by atomic mass is 19.1. The van der Waals surface area contributed by atoms with Crippen molar-refractivity contribution >= 4 is 23.4 Å². The van der Waals surface area contributed by atoms with Crippen molar-refractivity contribution in [3.05, 3.63) is 71.0 Å². The zero-order valence-corrected chi connectivity index (χ0v) is 16.8. The number of rotatable bonds is 5. The van der Waals surface area contributed by atoms with Crippen LogP contribution in [0.5, 0.6) is 0 Å². The number of benzene rings is 2. The fraction of sp³-hybridized carbons (Fsp3) is 0.238. The van der Waals surface area contributed by atoms with Crippen LogP contribution in [-0.4, -0.2) is 43.2 Å². The molecular formula is C21H20F3N5O2. The van der Waals surface area contributed by atoms with Crippen molar-refractivity contribution in [2.75, 3.05) is 13.7 Å². The second-order valence-electron chi connectivity index (χ2n) is 6.79. The summed E-state index contributed by atoms with van der Waals surface area (Å²) < 4.78 is 45.5. The molecule has 2 aromatic rings. The average Bonchev–Trinajstić information content (AvgIpc) is 3.16. The minimum Gasteiger partial charge on any atom is -0.382 e. The molecule has 1 aliphatic rings. The Morgan fingerprint density at radius 1 is 1.19 bits per heavy atom. The molecule has 2 N–H and O–H groups in total. The van der Waals surface area contributed by atoms with E-state index in [4.69, 9.17) is 4.74 Å². The Balaban J connectivity index is 1.80. The minimum absolute atomic E-state index is 0.0387. The van der Waals surface area contributed by atoms with Gasteiger partial charge in [0.15, 0.2) is 0 Å². The van der Waals surface area contributed by atoms with E-state index < -0.39 is 23.4 Å². The second-order valence-corrected chi connectivity index (χ2v) is 6.79. The van der Waals surface area contributed by atoms with Crippen LogP contribution in [0, 0.1) is 17.5 Å². The van der Waals surface area contributed by atoms with E-state index in [0.29, 0.717) is 11.5 Å². The van der Waals surface area contributed by atoms with Crippen LogP contribution in [0.4, 0.5) is 13.2 Å². The van der Waals surface area contributed by atoms with Crippen LogP contribution >= 0.6 is 0 Å². The van der Waals surface area contributed by atoms with Crippen LogP contribution in [0.25, 0.3) is 0 Å². The number of carbonyl (C=O) groups is 1. The Bertz CT molecular complexity index is 1050. The number of guanidine groups is 1. The molecule has 31 heavy (non-hydrogen) atoms. The first-order chi connectivity index (χ1) is 14.8. The molecule has 0 radical (unpaired) electrons. The zero-order valence-electron chi connectivity index (χ0n) is 16.8. The summed E-state index contributed by atoms with van der Waals surface area (Å²) in [4.78, 5) is 21.1. The van der Waals surface area contributed by atoms with Crippen molar-refractivity contribution in [1.29, 1.82) is 0 Å². The summed E-state index contributed by atoms with van der Waals surface area (Å²) in [7, 11) is 1.51. The number of amides is 1. The molecule has 1 amide bonds. The lowest BCUT2D eigenvalue weighted by Gasteiger charge is -2.10. The van der Waals surface area contributed by atoms with Gasteiger partial charge in [-0.15, -0.1) is 0 Å². The molecule has 0 bridgehead atoms. The van der Waals surface area contributed by atoms with Crippen molar-refractivity contribution in [3.8, 4) is 0 Å². The quantitative estimate of drug-likeness (QED) is 0.564. The number of nitrogens with one attached hydrogen (secondary N) is 2. The molecule has 0 aromatic heterocycles. The predicted octanol–water partition coefficient (Wildman–Crippen LogP) is 3.02. The van der Waals surface area contributed by atoms with E-state index >= 15 is 0 Å². The third-order valence-corrected chi connectivity index (χ3v) is 4.15. The molecule has 0 spiro atoms. The lowest BCUT2D eigenvalue weighted by Crippen LogP contribution is -2.32. The van der Waals surface area contributed by atoms with Gasteiger partial charge in [-0.05, 0) is 37.3 Å². The minimum atomic E-state index is -0.721. The standard InChI is InChI=1S/C21H20F3N5O2/c1-12(11-31-2)25-21(27-20(30)13-4-3-5-15(22)6-13)26-19-10-18(28-29-19)14-7-16(23)9-17(24)8-14/h3-9,12H,10-11H2,1-2H3,(H2,25,26,27,29,30)/t12-/m0/s1. The largest absolute Gasteiger partial charge is 0.382 e. The lowest BCUT2D eigenvalue weighted by atomic mass is 10.1. The van der Waals surface area contributed by atoms with E-state index in [2.05, 4.69) is 25.8 Å². The fourth-order valence-electron chi connectivity index (χ4n) is 2.83. The van der Waals surface area contributed by atoms with Gasteiger partial charge in [-0.1, -0.05) is 6.07 Å². The first-order valence-electron chi connectivity index (χ1n) is 9.34. The van der Waals surface area contributed by atoms with E-state index in [9.17, 15) is 18.0 Å². The van der Waals surface area contributed by atoms with E-state index in [1.54, 1.807) is 6.92 Å². The number of carbonyl (C=O) groups excluding carboxylic acids is 1. The molecule has 0 unspecified atom stereocenters. The Hall–Kier alpha value is -3.53. The smallest absolute Gasteiger partial charge is 0.258 e. The molecule has 0 aliphatic carbocycles. The van der Waals surface area contributed by atoms with Crippen LogP contribution in [-0.2, 0) is 4.74 Å². The summed E-state index contributed by atoms with van der Waals surface area (Å²) in [5, 5.41) is 6.59. The molecule has 0 saturated heterocycles. The zero-order chi connectivity index (χ0) is 22.4. The van der Waals surface area contributed by atoms with Crippen molar-refractivity contribution in [1.82, 2.24) is 10.7 Å². The Labute approximate surface area is 176 Å².